The van der Waals surface area contributed by atoms with Crippen molar-refractivity contribution in [2.45, 2.75) is 40.5 Å². The van der Waals surface area contributed by atoms with Crippen LogP contribution in [0.5, 0.6) is 0 Å². The van der Waals surface area contributed by atoms with Crippen LogP contribution in [0.15, 0.2) is 18.2 Å². The van der Waals surface area contributed by atoms with Crippen molar-refractivity contribution in [1.29, 1.82) is 0 Å². The Morgan fingerprint density at radius 1 is 1.30 bits per heavy atom. The third-order valence-corrected chi connectivity index (χ3v) is 4.01. The molecule has 0 bridgehead atoms. The molecule has 2 rings (SSSR count). The molecule has 108 valence electrons. The fourth-order valence-corrected chi connectivity index (χ4v) is 2.79. The van der Waals surface area contributed by atoms with E-state index in [9.17, 15) is 9.59 Å². The predicted octanol–water partition coefficient (Wildman–Crippen LogP) is 3.27. The highest BCUT2D eigenvalue weighted by Crippen LogP contribution is 2.29. The summed E-state index contributed by atoms with van der Waals surface area (Å²) in [6.07, 6.45) is 1.58. The molecule has 20 heavy (non-hydrogen) atoms. The third-order valence-electron chi connectivity index (χ3n) is 4.01. The lowest BCUT2D eigenvalue weighted by Crippen LogP contribution is -2.45. The minimum absolute atomic E-state index is 0.0244. The predicted molar refractivity (Wildman–Crippen MR) is 80.8 cm³/mol. The zero-order chi connectivity index (χ0) is 14.9. The molecule has 0 aromatic heterocycles. The molecular formula is C17H23NO2. The highest BCUT2D eigenvalue weighted by molar-refractivity contribution is 6.09. The lowest BCUT2D eigenvalue weighted by Gasteiger charge is -2.33. The van der Waals surface area contributed by atoms with E-state index in [4.69, 9.17) is 0 Å². The summed E-state index contributed by atoms with van der Waals surface area (Å²) in [6, 6.07) is 6.12. The van der Waals surface area contributed by atoms with Crippen LogP contribution in [0.4, 0.5) is 5.69 Å². The van der Waals surface area contributed by atoms with Gasteiger partial charge in [0.2, 0.25) is 5.91 Å². The van der Waals surface area contributed by atoms with Gasteiger partial charge in [-0.25, -0.2) is 0 Å². The van der Waals surface area contributed by atoms with Crippen LogP contribution in [0.2, 0.25) is 0 Å². The van der Waals surface area contributed by atoms with Crippen LogP contribution >= 0.6 is 0 Å². The number of anilines is 1. The second-order valence-electron chi connectivity index (χ2n) is 6.03. The van der Waals surface area contributed by atoms with Crippen LogP contribution in [0.3, 0.4) is 0 Å². The second kappa shape index (κ2) is 5.78. The number of ketones is 1. The maximum atomic E-state index is 12.6. The van der Waals surface area contributed by atoms with Gasteiger partial charge in [0.25, 0.3) is 0 Å². The van der Waals surface area contributed by atoms with Crippen molar-refractivity contribution in [3.8, 4) is 0 Å². The first-order chi connectivity index (χ1) is 9.41. The summed E-state index contributed by atoms with van der Waals surface area (Å²) in [4.78, 5) is 26.6. The SMILES string of the molecule is Cc1ccc(C)c(N2CCC[C@@H](C(=O)C(C)C)C2=O)c1. The number of Topliss-reactive ketones (excluding diaryl/α,β-unsaturated/α-hetero) is 1. The second-order valence-corrected chi connectivity index (χ2v) is 6.03. The molecule has 1 aromatic rings. The lowest BCUT2D eigenvalue weighted by atomic mass is 9.87. The molecule has 1 amide bonds. The smallest absolute Gasteiger partial charge is 0.237 e. The molecule has 1 saturated heterocycles. The van der Waals surface area contributed by atoms with Crippen molar-refractivity contribution in [3.63, 3.8) is 0 Å². The largest absolute Gasteiger partial charge is 0.312 e. The standard InChI is InChI=1S/C17H23NO2/c1-11(2)16(19)14-6-5-9-18(17(14)20)15-10-12(3)7-8-13(15)4/h7-8,10-11,14H,5-6,9H2,1-4H3/t14-/m0/s1. The molecule has 0 aliphatic carbocycles. The Labute approximate surface area is 121 Å². The van der Waals surface area contributed by atoms with E-state index in [1.165, 1.54) is 0 Å². The molecule has 3 nitrogen and oxygen atoms in total. The minimum atomic E-state index is -0.455. The first kappa shape index (κ1) is 14.8. The number of hydrogen-bond acceptors (Lipinski definition) is 2. The Morgan fingerprint density at radius 2 is 2.00 bits per heavy atom. The van der Waals surface area contributed by atoms with Gasteiger partial charge in [0, 0.05) is 18.2 Å². The topological polar surface area (TPSA) is 37.4 Å². The van der Waals surface area contributed by atoms with E-state index in [1.54, 1.807) is 4.90 Å². The van der Waals surface area contributed by atoms with Gasteiger partial charge < -0.3 is 4.90 Å². The van der Waals surface area contributed by atoms with Crippen LogP contribution in [-0.2, 0) is 9.59 Å². The maximum Gasteiger partial charge on any atom is 0.237 e. The van der Waals surface area contributed by atoms with E-state index in [-0.39, 0.29) is 17.6 Å². The van der Waals surface area contributed by atoms with Gasteiger partial charge in [0.15, 0.2) is 0 Å². The van der Waals surface area contributed by atoms with E-state index in [1.807, 2.05) is 45.9 Å². The maximum absolute atomic E-state index is 12.6. The van der Waals surface area contributed by atoms with Crippen molar-refractivity contribution >= 4 is 17.4 Å². The van der Waals surface area contributed by atoms with Crippen LogP contribution in [0.25, 0.3) is 0 Å². The van der Waals surface area contributed by atoms with Crippen LogP contribution in [0, 0.1) is 25.7 Å². The van der Waals surface area contributed by atoms with E-state index in [0.717, 1.165) is 23.2 Å². The van der Waals surface area contributed by atoms with Crippen LogP contribution in [0.1, 0.15) is 37.8 Å². The van der Waals surface area contributed by atoms with Crippen LogP contribution in [-0.4, -0.2) is 18.2 Å². The van der Waals surface area contributed by atoms with Gasteiger partial charge in [0.05, 0.1) is 5.92 Å². The summed E-state index contributed by atoms with van der Waals surface area (Å²) in [5.74, 6) is -0.486. The number of amides is 1. The van der Waals surface area contributed by atoms with Gasteiger partial charge >= 0.3 is 0 Å². The van der Waals surface area contributed by atoms with Crippen LogP contribution < -0.4 is 4.90 Å². The van der Waals surface area contributed by atoms with Crippen molar-refractivity contribution in [2.75, 3.05) is 11.4 Å². The third kappa shape index (κ3) is 2.77. The summed E-state index contributed by atoms with van der Waals surface area (Å²) in [6.45, 7) is 8.48. The van der Waals surface area contributed by atoms with Gasteiger partial charge in [-0.1, -0.05) is 26.0 Å². The van der Waals surface area contributed by atoms with Crippen molar-refractivity contribution in [1.82, 2.24) is 0 Å². The quantitative estimate of drug-likeness (QED) is 0.793. The molecule has 0 saturated carbocycles. The number of carbonyl (C=O) groups excluding carboxylic acids is 2. The van der Waals surface area contributed by atoms with Gasteiger partial charge in [-0.3, -0.25) is 9.59 Å². The first-order valence-electron chi connectivity index (χ1n) is 7.34. The zero-order valence-corrected chi connectivity index (χ0v) is 12.8. The fourth-order valence-electron chi connectivity index (χ4n) is 2.79. The van der Waals surface area contributed by atoms with Crippen molar-refractivity contribution < 1.29 is 9.59 Å². The highest BCUT2D eigenvalue weighted by Gasteiger charge is 2.35. The number of benzene rings is 1. The summed E-state index contributed by atoms with van der Waals surface area (Å²) >= 11 is 0. The monoisotopic (exact) mass is 273 g/mol. The molecular weight excluding hydrogens is 250 g/mol. The Kier molecular flexibility index (Phi) is 4.26. The van der Waals surface area contributed by atoms with Crippen molar-refractivity contribution in [2.24, 2.45) is 11.8 Å². The van der Waals surface area contributed by atoms with E-state index >= 15 is 0 Å². The molecule has 1 atom stereocenters. The molecule has 0 N–H and O–H groups in total. The summed E-state index contributed by atoms with van der Waals surface area (Å²) in [5.41, 5.74) is 3.17. The van der Waals surface area contributed by atoms with Gasteiger partial charge in [-0.15, -0.1) is 0 Å². The molecule has 1 aliphatic rings. The Morgan fingerprint density at radius 3 is 2.65 bits per heavy atom. The van der Waals surface area contributed by atoms with Crippen molar-refractivity contribution in [3.05, 3.63) is 29.3 Å². The normalized spacial score (nSPS) is 19.6. The number of nitrogens with zero attached hydrogens (tertiary/aromatic N) is 1. The Hall–Kier alpha value is -1.64. The van der Waals surface area contributed by atoms with E-state index < -0.39 is 5.92 Å². The minimum Gasteiger partial charge on any atom is -0.312 e. The number of piperidine rings is 1. The van der Waals surface area contributed by atoms with Gasteiger partial charge in [0.1, 0.15) is 5.78 Å². The summed E-state index contributed by atoms with van der Waals surface area (Å²) in [7, 11) is 0. The Balaban J connectivity index is 2.31. The fraction of sp³-hybridized carbons (Fsp3) is 0.529. The lowest BCUT2D eigenvalue weighted by molar-refractivity contribution is -0.135. The highest BCUT2D eigenvalue weighted by atomic mass is 16.2. The molecule has 0 spiro atoms. The number of hydrogen-bond donors (Lipinski definition) is 0. The van der Waals surface area contributed by atoms with Gasteiger partial charge in [-0.05, 0) is 43.9 Å². The Bertz CT molecular complexity index is 534. The first-order valence-corrected chi connectivity index (χ1v) is 7.34. The zero-order valence-electron chi connectivity index (χ0n) is 12.8. The average Bonchev–Trinajstić information content (AvgIpc) is 2.41. The number of rotatable bonds is 3. The molecule has 1 fully saturated rings. The molecule has 0 unspecified atom stereocenters. The van der Waals surface area contributed by atoms with E-state index in [2.05, 4.69) is 0 Å². The number of carbonyl (C=O) groups is 2. The molecule has 3 heteroatoms. The van der Waals surface area contributed by atoms with Gasteiger partial charge in [-0.2, -0.15) is 0 Å². The summed E-state index contributed by atoms with van der Waals surface area (Å²) < 4.78 is 0. The average molecular weight is 273 g/mol. The molecule has 1 aliphatic heterocycles. The van der Waals surface area contributed by atoms with E-state index in [0.29, 0.717) is 13.0 Å². The number of aryl methyl sites for hydroxylation is 2. The molecule has 1 heterocycles. The molecule has 1 aromatic carbocycles. The molecule has 0 radical (unpaired) electrons. The summed E-state index contributed by atoms with van der Waals surface area (Å²) in [5, 5.41) is 0.